The zero-order valence-corrected chi connectivity index (χ0v) is 5.81. The SMILES string of the molecule is CN1N=NC2C(=O)NC(=O)C21. The molecular formula is C5H6N4O2. The molecule has 2 heterocycles. The molecule has 2 rings (SSSR count). The fraction of sp³-hybridized carbons (Fsp3) is 0.600. The molecule has 2 atom stereocenters. The van der Waals surface area contributed by atoms with Gasteiger partial charge in [0.25, 0.3) is 11.8 Å². The smallest absolute Gasteiger partial charge is 0.256 e. The van der Waals surface area contributed by atoms with Gasteiger partial charge in [0.05, 0.1) is 0 Å². The number of amides is 2. The molecule has 0 aromatic carbocycles. The minimum atomic E-state index is -0.618. The van der Waals surface area contributed by atoms with E-state index in [1.54, 1.807) is 7.05 Å². The van der Waals surface area contributed by atoms with Gasteiger partial charge < -0.3 is 0 Å². The standard InChI is InChI=1S/C5H6N4O2/c1-9-3-2(7-8-9)4(10)6-5(3)11/h2-3H,1H3,(H,6,10,11). The van der Waals surface area contributed by atoms with E-state index in [4.69, 9.17) is 0 Å². The Hall–Kier alpha value is -1.46. The van der Waals surface area contributed by atoms with Crippen molar-refractivity contribution in [3.63, 3.8) is 0 Å². The minimum absolute atomic E-state index is 0.312. The summed E-state index contributed by atoms with van der Waals surface area (Å²) in [6.07, 6.45) is 0. The van der Waals surface area contributed by atoms with Crippen LogP contribution in [0, 0.1) is 0 Å². The molecule has 0 aromatic heterocycles. The molecule has 2 aliphatic heterocycles. The van der Waals surface area contributed by atoms with E-state index in [0.717, 1.165) is 0 Å². The number of hydrogen-bond acceptors (Lipinski definition) is 5. The van der Waals surface area contributed by atoms with Gasteiger partial charge in [-0.15, -0.1) is 0 Å². The summed E-state index contributed by atoms with van der Waals surface area (Å²) < 4.78 is 0. The predicted octanol–water partition coefficient (Wildman–Crippen LogP) is -1.31. The Bertz CT molecular complexity index is 261. The molecular weight excluding hydrogens is 148 g/mol. The first-order valence-corrected chi connectivity index (χ1v) is 3.18. The molecule has 0 aromatic rings. The number of rotatable bonds is 0. The Kier molecular flexibility index (Phi) is 1.01. The van der Waals surface area contributed by atoms with E-state index in [2.05, 4.69) is 15.7 Å². The fourth-order valence-corrected chi connectivity index (χ4v) is 1.24. The average Bonchev–Trinajstić information content (AvgIpc) is 2.41. The van der Waals surface area contributed by atoms with Crippen LogP contribution in [0.25, 0.3) is 0 Å². The van der Waals surface area contributed by atoms with Crippen molar-refractivity contribution in [1.29, 1.82) is 0 Å². The molecule has 1 fully saturated rings. The summed E-state index contributed by atoms with van der Waals surface area (Å²) in [7, 11) is 1.62. The van der Waals surface area contributed by atoms with Crippen molar-refractivity contribution in [2.24, 2.45) is 10.3 Å². The van der Waals surface area contributed by atoms with Crippen molar-refractivity contribution in [3.8, 4) is 0 Å². The van der Waals surface area contributed by atoms with Crippen molar-refractivity contribution >= 4 is 11.8 Å². The van der Waals surface area contributed by atoms with Crippen molar-refractivity contribution in [2.45, 2.75) is 12.1 Å². The molecule has 0 bridgehead atoms. The monoisotopic (exact) mass is 154 g/mol. The Morgan fingerprint density at radius 3 is 2.82 bits per heavy atom. The molecule has 6 heteroatoms. The van der Waals surface area contributed by atoms with E-state index >= 15 is 0 Å². The number of carbonyl (C=O) groups excluding carboxylic acids is 2. The molecule has 0 radical (unpaired) electrons. The summed E-state index contributed by atoms with van der Waals surface area (Å²) in [5.74, 6) is -0.666. The third-order valence-electron chi connectivity index (χ3n) is 1.80. The van der Waals surface area contributed by atoms with Crippen LogP contribution >= 0.6 is 0 Å². The van der Waals surface area contributed by atoms with Crippen LogP contribution in [0.3, 0.4) is 0 Å². The quantitative estimate of drug-likeness (QED) is 0.440. The largest absolute Gasteiger partial charge is 0.292 e. The van der Waals surface area contributed by atoms with Crippen LogP contribution in [0.2, 0.25) is 0 Å². The van der Waals surface area contributed by atoms with Crippen LogP contribution in [0.15, 0.2) is 10.3 Å². The topological polar surface area (TPSA) is 74.1 Å². The number of hydrogen-bond donors (Lipinski definition) is 1. The second-order valence-corrected chi connectivity index (χ2v) is 2.52. The third-order valence-corrected chi connectivity index (χ3v) is 1.80. The van der Waals surface area contributed by atoms with Gasteiger partial charge in [0, 0.05) is 7.05 Å². The van der Waals surface area contributed by atoms with Crippen molar-refractivity contribution < 1.29 is 9.59 Å². The Balaban J connectivity index is 2.34. The number of nitrogens with zero attached hydrogens (tertiary/aromatic N) is 3. The van der Waals surface area contributed by atoms with Gasteiger partial charge in [-0.25, -0.2) is 0 Å². The highest BCUT2D eigenvalue weighted by molar-refractivity contribution is 6.09. The summed E-state index contributed by atoms with van der Waals surface area (Å²) in [4.78, 5) is 21.9. The predicted molar refractivity (Wildman–Crippen MR) is 33.3 cm³/mol. The number of carbonyl (C=O) groups is 2. The van der Waals surface area contributed by atoms with E-state index < -0.39 is 12.1 Å². The van der Waals surface area contributed by atoms with Gasteiger partial charge in [-0.2, -0.15) is 5.11 Å². The number of likely N-dealkylation sites (N-methyl/N-ethyl adjacent to an activating group) is 1. The van der Waals surface area contributed by atoms with Crippen molar-refractivity contribution in [1.82, 2.24) is 10.3 Å². The van der Waals surface area contributed by atoms with Crippen LogP contribution in [0.4, 0.5) is 0 Å². The van der Waals surface area contributed by atoms with Gasteiger partial charge in [0.2, 0.25) is 0 Å². The number of fused-ring (bicyclic) bond motifs is 1. The van der Waals surface area contributed by atoms with Crippen LogP contribution in [-0.4, -0.2) is 36.0 Å². The van der Waals surface area contributed by atoms with Gasteiger partial charge in [0.15, 0.2) is 12.1 Å². The second-order valence-electron chi connectivity index (χ2n) is 2.52. The lowest BCUT2D eigenvalue weighted by atomic mass is 10.2. The summed E-state index contributed by atoms with van der Waals surface area (Å²) in [6, 6.07) is -1.13. The van der Waals surface area contributed by atoms with Gasteiger partial charge in [-0.1, -0.05) is 5.22 Å². The maximum Gasteiger partial charge on any atom is 0.256 e. The molecule has 0 aliphatic carbocycles. The zero-order valence-electron chi connectivity index (χ0n) is 5.81. The highest BCUT2D eigenvalue weighted by Crippen LogP contribution is 2.20. The number of nitrogens with one attached hydrogen (secondary N) is 1. The second kappa shape index (κ2) is 1.77. The average molecular weight is 154 g/mol. The van der Waals surface area contributed by atoms with E-state index in [1.165, 1.54) is 5.01 Å². The van der Waals surface area contributed by atoms with Gasteiger partial charge in [-0.3, -0.25) is 19.9 Å². The first-order chi connectivity index (χ1) is 5.20. The molecule has 11 heavy (non-hydrogen) atoms. The molecule has 2 unspecified atom stereocenters. The lowest BCUT2D eigenvalue weighted by Gasteiger charge is -2.10. The Morgan fingerprint density at radius 1 is 1.45 bits per heavy atom. The van der Waals surface area contributed by atoms with Crippen molar-refractivity contribution in [3.05, 3.63) is 0 Å². The number of imide groups is 1. The Labute approximate surface area is 62.2 Å². The van der Waals surface area contributed by atoms with E-state index in [0.29, 0.717) is 0 Å². The molecule has 1 saturated heterocycles. The van der Waals surface area contributed by atoms with E-state index in [1.807, 2.05) is 0 Å². The van der Waals surface area contributed by atoms with Crippen LogP contribution in [0.1, 0.15) is 0 Å². The summed E-state index contributed by atoms with van der Waals surface area (Å²) in [5, 5.41) is 10.8. The van der Waals surface area contributed by atoms with Gasteiger partial charge in [-0.05, 0) is 0 Å². The molecule has 58 valence electrons. The Morgan fingerprint density at radius 2 is 2.18 bits per heavy atom. The first-order valence-electron chi connectivity index (χ1n) is 3.18. The molecule has 0 saturated carbocycles. The van der Waals surface area contributed by atoms with Crippen molar-refractivity contribution in [2.75, 3.05) is 7.05 Å². The van der Waals surface area contributed by atoms with Crippen LogP contribution in [0.5, 0.6) is 0 Å². The molecule has 6 nitrogen and oxygen atoms in total. The first kappa shape index (κ1) is 6.26. The fourth-order valence-electron chi connectivity index (χ4n) is 1.24. The normalized spacial score (nSPS) is 34.5. The minimum Gasteiger partial charge on any atom is -0.292 e. The molecule has 0 spiro atoms. The zero-order chi connectivity index (χ0) is 8.01. The van der Waals surface area contributed by atoms with Gasteiger partial charge in [0.1, 0.15) is 0 Å². The lowest BCUT2D eigenvalue weighted by molar-refractivity contribution is -0.126. The summed E-state index contributed by atoms with van der Waals surface area (Å²) in [6.45, 7) is 0. The molecule has 2 amide bonds. The highest BCUT2D eigenvalue weighted by Gasteiger charge is 2.47. The summed E-state index contributed by atoms with van der Waals surface area (Å²) >= 11 is 0. The maximum absolute atomic E-state index is 11.0. The highest BCUT2D eigenvalue weighted by atomic mass is 16.2. The van der Waals surface area contributed by atoms with E-state index in [-0.39, 0.29) is 11.8 Å². The molecule has 2 aliphatic rings. The van der Waals surface area contributed by atoms with Crippen LogP contribution in [-0.2, 0) is 9.59 Å². The maximum atomic E-state index is 11.0. The van der Waals surface area contributed by atoms with Crippen LogP contribution < -0.4 is 5.32 Å². The van der Waals surface area contributed by atoms with E-state index in [9.17, 15) is 9.59 Å². The lowest BCUT2D eigenvalue weighted by Crippen LogP contribution is -2.35. The summed E-state index contributed by atoms with van der Waals surface area (Å²) in [5.41, 5.74) is 0. The molecule has 1 N–H and O–H groups in total. The third kappa shape index (κ3) is 0.659. The van der Waals surface area contributed by atoms with Gasteiger partial charge >= 0.3 is 0 Å².